The van der Waals surface area contributed by atoms with E-state index in [0.29, 0.717) is 0 Å². The first kappa shape index (κ1) is 17.1. The molecule has 0 saturated carbocycles. The van der Waals surface area contributed by atoms with Gasteiger partial charge in [0.15, 0.2) is 17.3 Å². The smallest absolute Gasteiger partial charge is 0.422 e. The van der Waals surface area contributed by atoms with Gasteiger partial charge in [-0.2, -0.15) is 13.2 Å². The number of benzene rings is 1. The number of aromatic nitrogens is 1. The first-order chi connectivity index (χ1) is 10.6. The molecule has 10 heteroatoms. The molecule has 0 saturated heterocycles. The molecule has 1 aromatic carbocycles. The zero-order valence-electron chi connectivity index (χ0n) is 12.1. The predicted octanol–water partition coefficient (Wildman–Crippen LogP) is 3.03. The molecule has 0 fully saturated rings. The maximum Gasteiger partial charge on any atom is 0.422 e. The van der Waals surface area contributed by atoms with E-state index in [1.807, 2.05) is 0 Å². The largest absolute Gasteiger partial charge is 0.482 e. The molecular weight excluding hydrogens is 337 g/mol. The van der Waals surface area contributed by atoms with Crippen LogP contribution in [0, 0.1) is 13.8 Å². The van der Waals surface area contributed by atoms with Gasteiger partial charge in [0, 0.05) is 0 Å². The van der Waals surface area contributed by atoms with Crippen LogP contribution >= 0.6 is 0 Å². The van der Waals surface area contributed by atoms with Gasteiger partial charge >= 0.3 is 6.18 Å². The fraction of sp³-hybridized carbons (Fsp3) is 0.308. The Morgan fingerprint density at radius 2 is 1.91 bits per heavy atom. The summed E-state index contributed by atoms with van der Waals surface area (Å²) in [7, 11) is -4.08. The quantitative estimate of drug-likeness (QED) is 0.896. The lowest BCUT2D eigenvalue weighted by Crippen LogP contribution is -2.20. The molecule has 1 heterocycles. The Morgan fingerprint density at radius 1 is 1.26 bits per heavy atom. The molecule has 0 aliphatic carbocycles. The zero-order valence-corrected chi connectivity index (χ0v) is 13.0. The minimum absolute atomic E-state index is 0.0729. The van der Waals surface area contributed by atoms with Crippen LogP contribution in [0.5, 0.6) is 5.75 Å². The Balaban J connectivity index is 2.30. The highest BCUT2D eigenvalue weighted by molar-refractivity contribution is 7.92. The topological polar surface area (TPSA) is 81.4 Å². The van der Waals surface area contributed by atoms with E-state index in [1.54, 1.807) is 0 Å². The van der Waals surface area contributed by atoms with Crippen LogP contribution in [0.2, 0.25) is 0 Å². The van der Waals surface area contributed by atoms with Crippen LogP contribution in [0.1, 0.15) is 11.5 Å². The molecule has 0 unspecified atom stereocenters. The maximum atomic E-state index is 12.4. The van der Waals surface area contributed by atoms with Gasteiger partial charge in [-0.1, -0.05) is 17.3 Å². The van der Waals surface area contributed by atoms with Crippen molar-refractivity contribution in [3.05, 3.63) is 35.7 Å². The first-order valence-corrected chi connectivity index (χ1v) is 7.83. The van der Waals surface area contributed by atoms with Gasteiger partial charge in [-0.25, -0.2) is 8.42 Å². The number of hydrogen-bond donors (Lipinski definition) is 1. The molecule has 23 heavy (non-hydrogen) atoms. The summed E-state index contributed by atoms with van der Waals surface area (Å²) in [6.45, 7) is 1.33. The van der Waals surface area contributed by atoms with Crippen molar-refractivity contribution in [2.24, 2.45) is 0 Å². The molecule has 0 radical (unpaired) electrons. The molecule has 0 aliphatic heterocycles. The van der Waals surface area contributed by atoms with Crippen LogP contribution in [-0.4, -0.2) is 26.4 Å². The average molecular weight is 350 g/mol. The summed E-state index contributed by atoms with van der Waals surface area (Å²) in [4.78, 5) is -0.164. The Hall–Kier alpha value is -2.23. The summed E-state index contributed by atoms with van der Waals surface area (Å²) in [6, 6.07) is 5.42. The minimum atomic E-state index is -4.53. The van der Waals surface area contributed by atoms with E-state index in [4.69, 9.17) is 4.52 Å². The Morgan fingerprint density at radius 3 is 2.48 bits per heavy atom. The highest BCUT2D eigenvalue weighted by Gasteiger charge is 2.30. The van der Waals surface area contributed by atoms with Crippen molar-refractivity contribution in [3.63, 3.8) is 0 Å². The Bertz CT molecular complexity index is 780. The Labute approximate surface area is 130 Å². The standard InChI is InChI=1S/C13H13F3N2O4S/c1-8-12(9(2)22-17-8)23(19,20)18-10-5-3-4-6-11(10)21-7-13(14,15)16/h3-6,18H,7H2,1-2H3. The van der Waals surface area contributed by atoms with Gasteiger partial charge < -0.3 is 9.26 Å². The number of halogens is 3. The third-order valence-corrected chi connectivity index (χ3v) is 4.37. The zero-order chi connectivity index (χ0) is 17.3. The molecule has 6 nitrogen and oxygen atoms in total. The third kappa shape index (κ3) is 4.15. The summed E-state index contributed by atoms with van der Waals surface area (Å²) >= 11 is 0. The number of alkyl halides is 3. The highest BCUT2D eigenvalue weighted by Crippen LogP contribution is 2.29. The average Bonchev–Trinajstić information content (AvgIpc) is 2.76. The van der Waals surface area contributed by atoms with Crippen LogP contribution in [0.4, 0.5) is 18.9 Å². The van der Waals surface area contributed by atoms with E-state index in [2.05, 4.69) is 14.6 Å². The van der Waals surface area contributed by atoms with Gasteiger partial charge in [0.2, 0.25) is 0 Å². The second-order valence-corrected chi connectivity index (χ2v) is 6.28. The summed E-state index contributed by atoms with van der Waals surface area (Å²) in [5, 5.41) is 3.54. The van der Waals surface area contributed by atoms with Gasteiger partial charge in [0.25, 0.3) is 10.0 Å². The molecule has 0 spiro atoms. The highest BCUT2D eigenvalue weighted by atomic mass is 32.2. The van der Waals surface area contributed by atoms with Crippen molar-refractivity contribution < 1.29 is 30.8 Å². The van der Waals surface area contributed by atoms with E-state index < -0.39 is 22.8 Å². The van der Waals surface area contributed by atoms with Crippen LogP contribution in [0.3, 0.4) is 0 Å². The molecule has 0 bridgehead atoms. The van der Waals surface area contributed by atoms with Crippen LogP contribution in [0.25, 0.3) is 0 Å². The minimum Gasteiger partial charge on any atom is -0.482 e. The van der Waals surface area contributed by atoms with E-state index in [9.17, 15) is 21.6 Å². The maximum absolute atomic E-state index is 12.4. The molecular formula is C13H13F3N2O4S. The Kier molecular flexibility index (Phi) is 4.55. The third-order valence-electron chi connectivity index (χ3n) is 2.76. The summed E-state index contributed by atoms with van der Waals surface area (Å²) in [5.74, 6) is -0.163. The number of anilines is 1. The molecule has 2 rings (SSSR count). The van der Waals surface area contributed by atoms with E-state index in [0.717, 1.165) is 0 Å². The summed E-state index contributed by atoms with van der Waals surface area (Å²) in [5.41, 5.74) is 0.0282. The SMILES string of the molecule is Cc1noc(C)c1S(=O)(=O)Nc1ccccc1OCC(F)(F)F. The van der Waals surface area contributed by atoms with Crippen molar-refractivity contribution in [2.45, 2.75) is 24.9 Å². The van der Waals surface area contributed by atoms with E-state index in [1.165, 1.54) is 38.1 Å². The second kappa shape index (κ2) is 6.11. The first-order valence-electron chi connectivity index (χ1n) is 6.34. The molecule has 1 N–H and O–H groups in total. The van der Waals surface area contributed by atoms with Crippen molar-refractivity contribution in [3.8, 4) is 5.75 Å². The van der Waals surface area contributed by atoms with Crippen molar-refractivity contribution in [1.29, 1.82) is 0 Å². The molecule has 2 aromatic rings. The molecule has 126 valence electrons. The van der Waals surface area contributed by atoms with Crippen LogP contribution in [0.15, 0.2) is 33.7 Å². The van der Waals surface area contributed by atoms with Crippen molar-refractivity contribution in [2.75, 3.05) is 11.3 Å². The van der Waals surface area contributed by atoms with E-state index >= 15 is 0 Å². The number of hydrogen-bond acceptors (Lipinski definition) is 5. The second-order valence-electron chi connectivity index (χ2n) is 4.66. The molecule has 0 aliphatic rings. The lowest BCUT2D eigenvalue weighted by atomic mass is 10.3. The normalized spacial score (nSPS) is 12.2. The van der Waals surface area contributed by atoms with Gasteiger partial charge in [-0.15, -0.1) is 0 Å². The lowest BCUT2D eigenvalue weighted by Gasteiger charge is -2.14. The summed E-state index contributed by atoms with van der Waals surface area (Å²) < 4.78 is 73.1. The van der Waals surface area contributed by atoms with Crippen molar-refractivity contribution >= 4 is 15.7 Å². The fourth-order valence-corrected chi connectivity index (χ4v) is 3.29. The monoisotopic (exact) mass is 350 g/mol. The molecule has 1 aromatic heterocycles. The van der Waals surface area contributed by atoms with Crippen LogP contribution in [-0.2, 0) is 10.0 Å². The fourth-order valence-electron chi connectivity index (χ4n) is 1.89. The van der Waals surface area contributed by atoms with Gasteiger partial charge in [-0.3, -0.25) is 4.72 Å². The lowest BCUT2D eigenvalue weighted by molar-refractivity contribution is -0.153. The summed E-state index contributed by atoms with van der Waals surface area (Å²) in [6.07, 6.45) is -4.53. The number of aryl methyl sites for hydroxylation is 2. The van der Waals surface area contributed by atoms with Gasteiger partial charge in [0.05, 0.1) is 5.69 Å². The van der Waals surface area contributed by atoms with Gasteiger partial charge in [0.1, 0.15) is 11.4 Å². The number of para-hydroxylation sites is 2. The van der Waals surface area contributed by atoms with E-state index in [-0.39, 0.29) is 27.8 Å². The van der Waals surface area contributed by atoms with Crippen LogP contribution < -0.4 is 9.46 Å². The van der Waals surface area contributed by atoms with Crippen molar-refractivity contribution in [1.82, 2.24) is 5.16 Å². The predicted molar refractivity (Wildman–Crippen MR) is 74.8 cm³/mol. The molecule has 0 amide bonds. The number of sulfonamides is 1. The van der Waals surface area contributed by atoms with Gasteiger partial charge in [-0.05, 0) is 26.0 Å². The number of nitrogens with one attached hydrogen (secondary N) is 1. The number of nitrogens with zero attached hydrogens (tertiary/aromatic N) is 1. The molecule has 0 atom stereocenters. The number of rotatable bonds is 5. The number of ether oxygens (including phenoxy) is 1.